The lowest BCUT2D eigenvalue weighted by Crippen LogP contribution is -2.03. The van der Waals surface area contributed by atoms with E-state index in [1.165, 1.54) is 11.1 Å². The number of nitrogens with zero attached hydrogens (tertiary/aromatic N) is 3. The largest absolute Gasteiger partial charge is 0.342 e. The first-order valence-electron chi connectivity index (χ1n) is 15.3. The predicted molar refractivity (Wildman–Crippen MR) is 170 cm³/mol. The Morgan fingerprint density at radius 1 is 0.595 bits per heavy atom. The van der Waals surface area contributed by atoms with Crippen LogP contribution in [0.4, 0.5) is 0 Å². The van der Waals surface area contributed by atoms with Crippen molar-refractivity contribution in [1.82, 2.24) is 24.9 Å². The molecule has 2 saturated carbocycles. The fraction of sp³-hybridized carbons (Fsp3) is 0.343. The Balaban J connectivity index is 1.00. The van der Waals surface area contributed by atoms with Crippen molar-refractivity contribution in [3.63, 3.8) is 0 Å². The monoisotopic (exact) mass is 555 g/mol. The van der Waals surface area contributed by atoms with Crippen LogP contribution in [-0.2, 0) is 12.8 Å². The molecule has 8 rings (SSSR count). The molecule has 6 aromatic rings. The number of fused-ring (bicyclic) bond motifs is 3. The van der Waals surface area contributed by atoms with E-state index in [2.05, 4.69) is 90.5 Å². The van der Waals surface area contributed by atoms with Gasteiger partial charge in [-0.3, -0.25) is 0 Å². The van der Waals surface area contributed by atoms with E-state index >= 15 is 0 Å². The van der Waals surface area contributed by atoms with Crippen LogP contribution in [0.15, 0.2) is 66.7 Å². The SMILES string of the molecule is CC1C(N)C1CCc1nc2ccc(-c3ccc4nc(-c5ccc6nc(CCC7C(C)C7N)[nH]c6c5)ccc4c3)cc2[nH]1. The van der Waals surface area contributed by atoms with Crippen molar-refractivity contribution in [3.8, 4) is 22.4 Å². The fourth-order valence-electron chi connectivity index (χ4n) is 6.84. The molecular weight excluding hydrogens is 518 g/mol. The van der Waals surface area contributed by atoms with E-state index in [9.17, 15) is 0 Å². The molecule has 6 atom stereocenters. The summed E-state index contributed by atoms with van der Waals surface area (Å²) in [5.74, 6) is 4.62. The van der Waals surface area contributed by atoms with E-state index in [1.807, 2.05) is 0 Å². The van der Waals surface area contributed by atoms with Crippen LogP contribution >= 0.6 is 0 Å². The highest BCUT2D eigenvalue weighted by Crippen LogP contribution is 2.41. The molecule has 7 nitrogen and oxygen atoms in total. The van der Waals surface area contributed by atoms with Gasteiger partial charge in [-0.2, -0.15) is 0 Å². The third kappa shape index (κ3) is 4.57. The van der Waals surface area contributed by atoms with Crippen LogP contribution in [0.1, 0.15) is 38.3 Å². The smallest absolute Gasteiger partial charge is 0.107 e. The second-order valence-corrected chi connectivity index (χ2v) is 12.7. The second kappa shape index (κ2) is 9.75. The van der Waals surface area contributed by atoms with E-state index in [-0.39, 0.29) is 0 Å². The van der Waals surface area contributed by atoms with Crippen molar-refractivity contribution < 1.29 is 0 Å². The lowest BCUT2D eigenvalue weighted by molar-refractivity contribution is 0.652. The average Bonchev–Trinajstić information content (AvgIpc) is 3.55. The highest BCUT2D eigenvalue weighted by atomic mass is 14.9. The van der Waals surface area contributed by atoms with E-state index < -0.39 is 0 Å². The summed E-state index contributed by atoms with van der Waals surface area (Å²) in [5.41, 5.74) is 21.7. The summed E-state index contributed by atoms with van der Waals surface area (Å²) in [6.07, 6.45) is 4.07. The summed E-state index contributed by atoms with van der Waals surface area (Å²) in [6.45, 7) is 4.48. The maximum atomic E-state index is 6.11. The molecule has 3 aromatic heterocycles. The first-order chi connectivity index (χ1) is 20.4. The Bertz CT molecular complexity index is 1790. The minimum Gasteiger partial charge on any atom is -0.342 e. The third-order valence-corrected chi connectivity index (χ3v) is 10.1. The number of H-pyrrole nitrogens is 2. The molecule has 0 radical (unpaired) electrons. The molecule has 7 heteroatoms. The maximum Gasteiger partial charge on any atom is 0.107 e. The maximum absolute atomic E-state index is 6.11. The molecule has 0 aliphatic heterocycles. The summed E-state index contributed by atoms with van der Waals surface area (Å²) < 4.78 is 0. The molecule has 3 aromatic carbocycles. The molecule has 0 saturated heterocycles. The zero-order valence-electron chi connectivity index (χ0n) is 24.1. The molecule has 3 heterocycles. The topological polar surface area (TPSA) is 122 Å². The van der Waals surface area contributed by atoms with Gasteiger partial charge in [-0.25, -0.2) is 15.0 Å². The van der Waals surface area contributed by atoms with Crippen LogP contribution in [-0.4, -0.2) is 37.0 Å². The summed E-state index contributed by atoms with van der Waals surface area (Å²) in [6, 6.07) is 24.3. The molecule has 6 N–H and O–H groups in total. The van der Waals surface area contributed by atoms with Gasteiger partial charge in [0, 0.05) is 35.9 Å². The molecule has 0 spiro atoms. The van der Waals surface area contributed by atoms with Gasteiger partial charge in [-0.15, -0.1) is 0 Å². The number of nitrogens with two attached hydrogens (primary N) is 2. The van der Waals surface area contributed by atoms with Crippen molar-refractivity contribution in [3.05, 3.63) is 78.4 Å². The van der Waals surface area contributed by atoms with Gasteiger partial charge in [-0.05, 0) is 90.1 Å². The first kappa shape index (κ1) is 25.6. The van der Waals surface area contributed by atoms with Gasteiger partial charge >= 0.3 is 0 Å². The van der Waals surface area contributed by atoms with Crippen LogP contribution in [0.3, 0.4) is 0 Å². The zero-order chi connectivity index (χ0) is 28.5. The molecule has 42 heavy (non-hydrogen) atoms. The van der Waals surface area contributed by atoms with Crippen LogP contribution in [0.5, 0.6) is 0 Å². The van der Waals surface area contributed by atoms with E-state index in [4.69, 9.17) is 26.4 Å². The standard InChI is InChI=1S/C35H37N7/c1-18-24(34(18)36)7-13-32-39-28-11-4-21(16-30(28)41-32)20-3-9-26-22(15-20)5-10-27(38-26)23-6-12-29-31(17-23)42-33(40-29)14-8-25-19(2)35(25)37/h3-6,9-12,15-19,24-25,34-35H,7-8,13-14,36-37H2,1-2H3,(H,39,41)(H,40,42). The van der Waals surface area contributed by atoms with Gasteiger partial charge in [0.1, 0.15) is 11.6 Å². The number of pyridine rings is 1. The predicted octanol–water partition coefficient (Wildman–Crippen LogP) is 6.37. The van der Waals surface area contributed by atoms with Crippen LogP contribution < -0.4 is 11.5 Å². The second-order valence-electron chi connectivity index (χ2n) is 12.7. The number of aryl methyl sites for hydroxylation is 2. The highest BCUT2D eigenvalue weighted by Gasteiger charge is 2.43. The minimum atomic E-state index is 0.357. The fourth-order valence-corrected chi connectivity index (χ4v) is 6.84. The number of hydrogen-bond donors (Lipinski definition) is 4. The number of aromatic nitrogens is 5. The molecule has 2 aliphatic rings. The van der Waals surface area contributed by atoms with E-state index in [0.717, 1.165) is 81.6 Å². The minimum absolute atomic E-state index is 0.357. The Kier molecular flexibility index (Phi) is 5.95. The Morgan fingerprint density at radius 3 is 1.67 bits per heavy atom. The number of hydrogen-bond acceptors (Lipinski definition) is 5. The quantitative estimate of drug-likeness (QED) is 0.174. The van der Waals surface area contributed by atoms with Crippen LogP contribution in [0, 0.1) is 23.7 Å². The zero-order valence-corrected chi connectivity index (χ0v) is 24.1. The average molecular weight is 556 g/mol. The van der Waals surface area contributed by atoms with Crippen molar-refractivity contribution in [2.24, 2.45) is 35.1 Å². The van der Waals surface area contributed by atoms with Crippen molar-refractivity contribution >= 4 is 33.0 Å². The summed E-state index contributed by atoms with van der Waals surface area (Å²) in [4.78, 5) is 21.7. The lowest BCUT2D eigenvalue weighted by atomic mass is 10.0. The van der Waals surface area contributed by atoms with Crippen LogP contribution in [0.2, 0.25) is 0 Å². The van der Waals surface area contributed by atoms with Gasteiger partial charge in [-0.1, -0.05) is 38.1 Å². The lowest BCUT2D eigenvalue weighted by Gasteiger charge is -2.07. The third-order valence-electron chi connectivity index (χ3n) is 10.1. The Hall–Kier alpha value is -4.07. The molecule has 0 bridgehead atoms. The first-order valence-corrected chi connectivity index (χ1v) is 15.3. The molecular formula is C35H37N7. The van der Waals surface area contributed by atoms with Gasteiger partial charge in [0.15, 0.2) is 0 Å². The summed E-state index contributed by atoms with van der Waals surface area (Å²) in [5, 5.41) is 1.12. The van der Waals surface area contributed by atoms with Gasteiger partial charge in [0.25, 0.3) is 0 Å². The van der Waals surface area contributed by atoms with Gasteiger partial charge in [0.05, 0.1) is 33.3 Å². The van der Waals surface area contributed by atoms with Gasteiger partial charge < -0.3 is 21.4 Å². The number of aromatic amines is 2. The molecule has 2 fully saturated rings. The number of benzene rings is 3. The Morgan fingerprint density at radius 2 is 1.10 bits per heavy atom. The van der Waals surface area contributed by atoms with Crippen molar-refractivity contribution in [2.75, 3.05) is 0 Å². The molecule has 212 valence electrons. The summed E-state index contributed by atoms with van der Waals surface area (Å²) in [7, 11) is 0. The van der Waals surface area contributed by atoms with Crippen LogP contribution in [0.25, 0.3) is 55.4 Å². The molecule has 6 unspecified atom stereocenters. The van der Waals surface area contributed by atoms with Crippen molar-refractivity contribution in [2.45, 2.75) is 51.6 Å². The molecule has 2 aliphatic carbocycles. The van der Waals surface area contributed by atoms with Crippen molar-refractivity contribution in [1.29, 1.82) is 0 Å². The highest BCUT2D eigenvalue weighted by molar-refractivity contribution is 5.89. The van der Waals surface area contributed by atoms with E-state index in [0.29, 0.717) is 35.8 Å². The summed E-state index contributed by atoms with van der Waals surface area (Å²) >= 11 is 0. The van der Waals surface area contributed by atoms with E-state index in [1.54, 1.807) is 0 Å². The number of rotatable bonds is 8. The number of nitrogens with one attached hydrogen (secondary N) is 2. The normalized spacial score (nSPS) is 25.0. The molecule has 0 amide bonds. The van der Waals surface area contributed by atoms with Gasteiger partial charge in [0.2, 0.25) is 0 Å². The Labute approximate surface area is 245 Å². The number of imidazole rings is 2.